The van der Waals surface area contributed by atoms with Gasteiger partial charge in [0.05, 0.1) is 13.2 Å². The minimum absolute atomic E-state index is 0.539. The lowest BCUT2D eigenvalue weighted by molar-refractivity contribution is -0.129. The molecule has 1 aromatic rings. The summed E-state index contributed by atoms with van der Waals surface area (Å²) in [6.07, 6.45) is -5.47. The van der Waals surface area contributed by atoms with E-state index in [9.17, 15) is 39.7 Å². The molecule has 0 saturated heterocycles. The Hall–Kier alpha value is -1.39. The van der Waals surface area contributed by atoms with Crippen molar-refractivity contribution in [1.82, 2.24) is 0 Å². The van der Waals surface area contributed by atoms with Crippen molar-refractivity contribution in [2.24, 2.45) is 0 Å². The molecule has 1 N–H and O–H groups in total. The van der Waals surface area contributed by atoms with Crippen molar-refractivity contribution >= 4 is 13.3 Å². The van der Waals surface area contributed by atoms with E-state index in [4.69, 9.17) is 0 Å². The smallest absolute Gasteiger partial charge is 0.359 e. The zero-order valence-electron chi connectivity index (χ0n) is 12.7. The highest BCUT2D eigenvalue weighted by atomic mass is 31.2. The highest BCUT2D eigenvalue weighted by Crippen LogP contribution is 2.58. The van der Waals surface area contributed by atoms with E-state index in [1.165, 1.54) is 0 Å². The topological polar surface area (TPSA) is 47.6 Å². The quantitative estimate of drug-likeness (QED) is 0.304. The first-order chi connectivity index (χ1) is 11.4. The summed E-state index contributed by atoms with van der Waals surface area (Å²) < 4.78 is 127. The molecule has 0 heterocycles. The number of anilines is 1. The Bertz CT molecular complexity index is 642. The van der Waals surface area contributed by atoms with Crippen molar-refractivity contribution in [3.8, 4) is 0 Å². The van der Waals surface area contributed by atoms with Crippen LogP contribution in [-0.4, -0.2) is 25.2 Å². The molecule has 4 nitrogen and oxygen atoms in total. The van der Waals surface area contributed by atoms with Gasteiger partial charge in [-0.25, -0.2) is 22.0 Å². The van der Waals surface area contributed by atoms with Crippen molar-refractivity contribution in [2.75, 3.05) is 18.5 Å². The highest BCUT2D eigenvalue weighted by molar-refractivity contribution is 7.54. The van der Waals surface area contributed by atoms with E-state index in [2.05, 4.69) is 9.05 Å². The Morgan fingerprint density at radius 1 is 0.880 bits per heavy atom. The molecular weight excluding hydrogens is 389 g/mol. The van der Waals surface area contributed by atoms with Gasteiger partial charge in [-0.3, -0.25) is 4.57 Å². The summed E-state index contributed by atoms with van der Waals surface area (Å²) in [6.45, 7) is 1.25. The first-order valence-electron chi connectivity index (χ1n) is 6.64. The van der Waals surface area contributed by atoms with Gasteiger partial charge in [0.25, 0.3) is 0 Å². The first-order valence-corrected chi connectivity index (χ1v) is 8.25. The molecule has 1 aromatic carbocycles. The number of nitrogens with one attached hydrogen (secondary N) is 1. The zero-order valence-corrected chi connectivity index (χ0v) is 13.6. The van der Waals surface area contributed by atoms with Crippen molar-refractivity contribution in [3.05, 3.63) is 29.1 Å². The molecule has 25 heavy (non-hydrogen) atoms. The Morgan fingerprint density at radius 3 is 1.56 bits per heavy atom. The molecule has 0 aliphatic heterocycles. The molecule has 1 rings (SSSR count). The SMILES string of the molecule is CCOP(=O)(OCC)C(Nc1c(F)c(F)c(F)c(F)c1F)C(F)(F)F. The Labute approximate surface area is 136 Å². The molecule has 1 atom stereocenters. The van der Waals surface area contributed by atoms with Crippen LogP contribution in [0.1, 0.15) is 13.8 Å². The summed E-state index contributed by atoms with van der Waals surface area (Å²) >= 11 is 0. The normalized spacial score (nSPS) is 13.8. The van der Waals surface area contributed by atoms with Crippen LogP contribution in [-0.2, 0) is 13.6 Å². The number of benzene rings is 1. The van der Waals surface area contributed by atoms with Gasteiger partial charge in [0.15, 0.2) is 23.3 Å². The van der Waals surface area contributed by atoms with E-state index in [1.54, 1.807) is 0 Å². The van der Waals surface area contributed by atoms with Crippen LogP contribution in [0.2, 0.25) is 0 Å². The summed E-state index contributed by atoms with van der Waals surface area (Å²) in [5, 5.41) is 1.04. The van der Waals surface area contributed by atoms with Crippen molar-refractivity contribution in [2.45, 2.75) is 25.8 Å². The van der Waals surface area contributed by atoms with E-state index in [0.717, 1.165) is 19.2 Å². The van der Waals surface area contributed by atoms with Crippen LogP contribution in [0.25, 0.3) is 0 Å². The number of hydrogen-bond donors (Lipinski definition) is 1. The standard InChI is InChI=1S/C12H12F8NO3P/c1-3-23-25(22,24-4-2)11(12(18,19)20)21-10-8(16)6(14)5(13)7(15)9(10)17/h11,21H,3-4H2,1-2H3. The summed E-state index contributed by atoms with van der Waals surface area (Å²) in [5.41, 5.74) is -2.00. The third-order valence-electron chi connectivity index (χ3n) is 2.74. The second-order valence-electron chi connectivity index (χ2n) is 4.41. The lowest BCUT2D eigenvalue weighted by Gasteiger charge is -2.29. The van der Waals surface area contributed by atoms with Gasteiger partial charge in [-0.1, -0.05) is 0 Å². The van der Waals surface area contributed by atoms with Crippen LogP contribution in [0.5, 0.6) is 0 Å². The van der Waals surface area contributed by atoms with Gasteiger partial charge in [0.2, 0.25) is 11.6 Å². The fourth-order valence-electron chi connectivity index (χ4n) is 1.75. The maximum Gasteiger partial charge on any atom is 0.420 e. The fraction of sp³-hybridized carbons (Fsp3) is 0.500. The van der Waals surface area contributed by atoms with Gasteiger partial charge >= 0.3 is 13.8 Å². The van der Waals surface area contributed by atoms with Gasteiger partial charge in [0, 0.05) is 0 Å². The molecule has 0 aromatic heterocycles. The maximum absolute atomic E-state index is 13.6. The van der Waals surface area contributed by atoms with Gasteiger partial charge in [-0.05, 0) is 13.8 Å². The lowest BCUT2D eigenvalue weighted by atomic mass is 10.2. The van der Waals surface area contributed by atoms with Gasteiger partial charge in [-0.2, -0.15) is 13.2 Å². The number of hydrogen-bond acceptors (Lipinski definition) is 4. The van der Waals surface area contributed by atoms with Crippen LogP contribution in [0.4, 0.5) is 40.8 Å². The molecule has 0 aliphatic rings. The van der Waals surface area contributed by atoms with Crippen molar-refractivity contribution in [1.29, 1.82) is 0 Å². The van der Waals surface area contributed by atoms with Crippen LogP contribution < -0.4 is 5.32 Å². The number of alkyl halides is 3. The van der Waals surface area contributed by atoms with Gasteiger partial charge in [-0.15, -0.1) is 0 Å². The molecule has 0 spiro atoms. The minimum Gasteiger partial charge on any atom is -0.359 e. The minimum atomic E-state index is -5.47. The zero-order chi connectivity index (χ0) is 19.6. The molecule has 0 saturated carbocycles. The molecular formula is C12H12F8NO3P. The largest absolute Gasteiger partial charge is 0.420 e. The first kappa shape index (κ1) is 21.7. The highest BCUT2D eigenvalue weighted by Gasteiger charge is 2.55. The van der Waals surface area contributed by atoms with E-state index < -0.39 is 67.5 Å². The van der Waals surface area contributed by atoms with Gasteiger partial charge in [0.1, 0.15) is 5.69 Å². The van der Waals surface area contributed by atoms with Crippen molar-refractivity contribution < 1.29 is 48.7 Å². The predicted octanol–water partition coefficient (Wildman–Crippen LogP) is 4.95. The predicted molar refractivity (Wildman–Crippen MR) is 70.6 cm³/mol. The number of halogens is 8. The Balaban J connectivity index is 3.51. The van der Waals surface area contributed by atoms with Crippen LogP contribution in [0.15, 0.2) is 0 Å². The lowest BCUT2D eigenvalue weighted by Crippen LogP contribution is -2.38. The average molecular weight is 401 g/mol. The van der Waals surface area contributed by atoms with Gasteiger partial charge < -0.3 is 14.4 Å². The molecule has 0 fully saturated rings. The summed E-state index contributed by atoms with van der Waals surface area (Å²) in [5.74, 6) is -16.0. The third kappa shape index (κ3) is 4.42. The molecule has 0 bridgehead atoms. The van der Waals surface area contributed by atoms with E-state index in [1.807, 2.05) is 0 Å². The fourth-order valence-corrected chi connectivity index (χ4v) is 3.49. The van der Waals surface area contributed by atoms with Crippen molar-refractivity contribution in [3.63, 3.8) is 0 Å². The average Bonchev–Trinajstić information content (AvgIpc) is 2.50. The van der Waals surface area contributed by atoms with Crippen LogP contribution >= 0.6 is 7.60 Å². The monoisotopic (exact) mass is 401 g/mol. The van der Waals surface area contributed by atoms with E-state index in [-0.39, 0.29) is 0 Å². The molecule has 0 aliphatic carbocycles. The Morgan fingerprint density at radius 2 is 1.24 bits per heavy atom. The summed E-state index contributed by atoms with van der Waals surface area (Å²) in [6, 6.07) is 0. The van der Waals surface area contributed by atoms with Crippen LogP contribution in [0, 0.1) is 29.1 Å². The molecule has 1 unspecified atom stereocenters. The molecule has 0 amide bonds. The van der Waals surface area contributed by atoms with E-state index >= 15 is 0 Å². The van der Waals surface area contributed by atoms with Crippen LogP contribution in [0.3, 0.4) is 0 Å². The molecule has 144 valence electrons. The number of rotatable bonds is 7. The second kappa shape index (κ2) is 7.88. The second-order valence-corrected chi connectivity index (χ2v) is 6.52. The Kier molecular flexibility index (Phi) is 6.82. The summed E-state index contributed by atoms with van der Waals surface area (Å²) in [7, 11) is -5.11. The molecule has 0 radical (unpaired) electrons. The third-order valence-corrected chi connectivity index (χ3v) is 5.03. The maximum atomic E-state index is 13.6. The van der Waals surface area contributed by atoms with E-state index in [0.29, 0.717) is 0 Å². The summed E-state index contributed by atoms with van der Waals surface area (Å²) in [4.78, 5) is 0. The molecule has 13 heteroatoms.